The van der Waals surface area contributed by atoms with E-state index in [1.54, 1.807) is 13.2 Å². The molecular formula is C17H14ClNO. The lowest BCUT2D eigenvalue weighted by Gasteiger charge is -2.08. The first kappa shape index (κ1) is 12.8. The van der Waals surface area contributed by atoms with Gasteiger partial charge in [-0.1, -0.05) is 35.9 Å². The van der Waals surface area contributed by atoms with Gasteiger partial charge in [0.05, 0.1) is 12.1 Å². The van der Waals surface area contributed by atoms with Gasteiger partial charge in [-0.05, 0) is 46.7 Å². The van der Waals surface area contributed by atoms with Gasteiger partial charge >= 0.3 is 0 Å². The van der Waals surface area contributed by atoms with Crippen LogP contribution in [0.3, 0.4) is 0 Å². The number of rotatable bonds is 2. The van der Waals surface area contributed by atoms with Crippen molar-refractivity contribution in [3.05, 3.63) is 59.6 Å². The molecule has 0 aliphatic carbocycles. The standard InChI is InChI=1S/C17H14ClNO/c1-20-15-6-4-11-8-13(3-2-12(11)9-15)16-7-5-14(19)10-17(16)18/h2-10H,19H2,1H3. The molecule has 3 aromatic rings. The molecule has 0 spiro atoms. The average Bonchev–Trinajstić information content (AvgIpc) is 2.46. The molecule has 0 fully saturated rings. The number of halogens is 1. The molecule has 0 atom stereocenters. The lowest BCUT2D eigenvalue weighted by atomic mass is 10.0. The van der Waals surface area contributed by atoms with E-state index in [1.165, 1.54) is 0 Å². The Labute approximate surface area is 122 Å². The minimum absolute atomic E-state index is 0.665. The molecule has 0 saturated carbocycles. The van der Waals surface area contributed by atoms with E-state index in [0.29, 0.717) is 10.7 Å². The number of nitrogen functional groups attached to an aromatic ring is 1. The lowest BCUT2D eigenvalue weighted by molar-refractivity contribution is 0.415. The van der Waals surface area contributed by atoms with Crippen molar-refractivity contribution in [3.8, 4) is 16.9 Å². The summed E-state index contributed by atoms with van der Waals surface area (Å²) >= 11 is 6.26. The second-order valence-corrected chi connectivity index (χ2v) is 5.07. The van der Waals surface area contributed by atoms with Gasteiger partial charge in [-0.25, -0.2) is 0 Å². The fourth-order valence-corrected chi connectivity index (χ4v) is 2.58. The predicted molar refractivity (Wildman–Crippen MR) is 85.4 cm³/mol. The van der Waals surface area contributed by atoms with Crippen molar-refractivity contribution in [1.29, 1.82) is 0 Å². The van der Waals surface area contributed by atoms with E-state index >= 15 is 0 Å². The Hall–Kier alpha value is -2.19. The summed E-state index contributed by atoms with van der Waals surface area (Å²) in [6.45, 7) is 0. The number of ether oxygens (including phenoxy) is 1. The molecule has 0 unspecified atom stereocenters. The van der Waals surface area contributed by atoms with E-state index < -0.39 is 0 Å². The summed E-state index contributed by atoms with van der Waals surface area (Å²) in [5.74, 6) is 0.857. The zero-order valence-corrected chi connectivity index (χ0v) is 11.8. The number of anilines is 1. The van der Waals surface area contributed by atoms with Gasteiger partial charge in [0, 0.05) is 11.3 Å². The van der Waals surface area contributed by atoms with E-state index in [-0.39, 0.29) is 0 Å². The molecule has 3 rings (SSSR count). The Bertz CT molecular complexity index is 783. The van der Waals surface area contributed by atoms with Crippen LogP contribution in [0.5, 0.6) is 5.75 Å². The van der Waals surface area contributed by atoms with Crippen molar-refractivity contribution in [3.63, 3.8) is 0 Å². The molecule has 0 aliphatic rings. The molecule has 2 N–H and O–H groups in total. The maximum absolute atomic E-state index is 6.26. The predicted octanol–water partition coefficient (Wildman–Crippen LogP) is 4.75. The van der Waals surface area contributed by atoms with Crippen LogP contribution in [0.2, 0.25) is 5.02 Å². The summed E-state index contributed by atoms with van der Waals surface area (Å²) in [6, 6.07) is 17.8. The summed E-state index contributed by atoms with van der Waals surface area (Å²) in [4.78, 5) is 0. The van der Waals surface area contributed by atoms with Gasteiger partial charge in [-0.3, -0.25) is 0 Å². The number of benzene rings is 3. The Morgan fingerprint density at radius 3 is 2.40 bits per heavy atom. The summed E-state index contributed by atoms with van der Waals surface area (Å²) < 4.78 is 5.23. The van der Waals surface area contributed by atoms with Crippen LogP contribution >= 0.6 is 11.6 Å². The normalized spacial score (nSPS) is 10.7. The van der Waals surface area contributed by atoms with Crippen LogP contribution in [-0.2, 0) is 0 Å². The highest BCUT2D eigenvalue weighted by Crippen LogP contribution is 2.32. The van der Waals surface area contributed by atoms with Gasteiger partial charge < -0.3 is 10.5 Å². The molecule has 20 heavy (non-hydrogen) atoms. The third-order valence-electron chi connectivity index (χ3n) is 3.35. The van der Waals surface area contributed by atoms with Gasteiger partial charge in [0.15, 0.2) is 0 Å². The first-order valence-corrected chi connectivity index (χ1v) is 6.68. The number of fused-ring (bicyclic) bond motifs is 1. The highest BCUT2D eigenvalue weighted by atomic mass is 35.5. The highest BCUT2D eigenvalue weighted by Gasteiger charge is 2.05. The SMILES string of the molecule is COc1ccc2cc(-c3ccc(N)cc3Cl)ccc2c1. The minimum Gasteiger partial charge on any atom is -0.497 e. The summed E-state index contributed by atoms with van der Waals surface area (Å²) in [6.07, 6.45) is 0. The molecule has 0 aromatic heterocycles. The van der Waals surface area contributed by atoms with Crippen LogP contribution in [0, 0.1) is 0 Å². The fourth-order valence-electron chi connectivity index (χ4n) is 2.28. The first-order valence-electron chi connectivity index (χ1n) is 6.30. The summed E-state index contributed by atoms with van der Waals surface area (Å²) in [5.41, 5.74) is 8.46. The molecule has 0 aliphatic heterocycles. The second kappa shape index (κ2) is 5.06. The first-order chi connectivity index (χ1) is 9.67. The van der Waals surface area contributed by atoms with E-state index in [4.69, 9.17) is 22.1 Å². The van der Waals surface area contributed by atoms with Crippen molar-refractivity contribution in [2.24, 2.45) is 0 Å². The van der Waals surface area contributed by atoms with Crippen LogP contribution in [0.4, 0.5) is 5.69 Å². The topological polar surface area (TPSA) is 35.2 Å². The maximum atomic E-state index is 6.26. The summed E-state index contributed by atoms with van der Waals surface area (Å²) in [7, 11) is 1.67. The molecule has 0 amide bonds. The molecule has 3 aromatic carbocycles. The Morgan fingerprint density at radius 2 is 1.65 bits per heavy atom. The molecule has 0 radical (unpaired) electrons. The molecule has 100 valence electrons. The number of hydrogen-bond acceptors (Lipinski definition) is 2. The molecule has 3 heteroatoms. The molecule has 0 saturated heterocycles. The quantitative estimate of drug-likeness (QED) is 0.689. The number of nitrogens with two attached hydrogens (primary N) is 1. The van der Waals surface area contributed by atoms with Gasteiger partial charge in [-0.15, -0.1) is 0 Å². The van der Waals surface area contributed by atoms with Gasteiger partial charge in [-0.2, -0.15) is 0 Å². The van der Waals surface area contributed by atoms with Gasteiger partial charge in [0.25, 0.3) is 0 Å². The number of methoxy groups -OCH3 is 1. The maximum Gasteiger partial charge on any atom is 0.119 e. The van der Waals surface area contributed by atoms with E-state index in [2.05, 4.69) is 18.2 Å². The van der Waals surface area contributed by atoms with Gasteiger partial charge in [0.1, 0.15) is 5.75 Å². The minimum atomic E-state index is 0.665. The smallest absolute Gasteiger partial charge is 0.119 e. The number of hydrogen-bond donors (Lipinski definition) is 1. The molecule has 2 nitrogen and oxygen atoms in total. The Balaban J connectivity index is 2.13. The van der Waals surface area contributed by atoms with Crippen molar-refractivity contribution in [1.82, 2.24) is 0 Å². The van der Waals surface area contributed by atoms with E-state index in [1.807, 2.05) is 30.3 Å². The van der Waals surface area contributed by atoms with Crippen molar-refractivity contribution < 1.29 is 4.74 Å². The van der Waals surface area contributed by atoms with Crippen LogP contribution in [0.15, 0.2) is 54.6 Å². The summed E-state index contributed by atoms with van der Waals surface area (Å²) in [5, 5.41) is 2.95. The molecule has 0 bridgehead atoms. The van der Waals surface area contributed by atoms with Crippen LogP contribution in [0.1, 0.15) is 0 Å². The zero-order chi connectivity index (χ0) is 14.1. The van der Waals surface area contributed by atoms with Crippen molar-refractivity contribution in [2.75, 3.05) is 12.8 Å². The van der Waals surface area contributed by atoms with E-state index in [0.717, 1.165) is 27.6 Å². The largest absolute Gasteiger partial charge is 0.497 e. The fraction of sp³-hybridized carbons (Fsp3) is 0.0588. The second-order valence-electron chi connectivity index (χ2n) is 4.67. The third-order valence-corrected chi connectivity index (χ3v) is 3.66. The van der Waals surface area contributed by atoms with Crippen LogP contribution < -0.4 is 10.5 Å². The van der Waals surface area contributed by atoms with Gasteiger partial charge in [0.2, 0.25) is 0 Å². The zero-order valence-electron chi connectivity index (χ0n) is 11.1. The monoisotopic (exact) mass is 283 g/mol. The molecular weight excluding hydrogens is 270 g/mol. The Morgan fingerprint density at radius 1 is 0.900 bits per heavy atom. The van der Waals surface area contributed by atoms with Crippen LogP contribution in [-0.4, -0.2) is 7.11 Å². The van der Waals surface area contributed by atoms with Crippen molar-refractivity contribution >= 4 is 28.1 Å². The Kier molecular flexibility index (Phi) is 3.25. The average molecular weight is 284 g/mol. The van der Waals surface area contributed by atoms with Crippen molar-refractivity contribution in [2.45, 2.75) is 0 Å². The van der Waals surface area contributed by atoms with Crippen LogP contribution in [0.25, 0.3) is 21.9 Å². The molecule has 0 heterocycles. The third kappa shape index (κ3) is 2.30. The highest BCUT2D eigenvalue weighted by molar-refractivity contribution is 6.33. The van der Waals surface area contributed by atoms with E-state index in [9.17, 15) is 0 Å². The lowest BCUT2D eigenvalue weighted by Crippen LogP contribution is -1.87.